The highest BCUT2D eigenvalue weighted by molar-refractivity contribution is 4.95. The molecule has 1 nitrogen and oxygen atoms in total. The van der Waals surface area contributed by atoms with E-state index in [1.807, 2.05) is 0 Å². The molecule has 0 heterocycles. The maximum atomic E-state index is 5.63. The van der Waals surface area contributed by atoms with Gasteiger partial charge in [0.15, 0.2) is 0 Å². The van der Waals surface area contributed by atoms with E-state index in [4.69, 9.17) is 6.42 Å². The Labute approximate surface area is 120 Å². The monoisotopic (exact) mass is 261 g/mol. The molecule has 0 aliphatic heterocycles. The first kappa shape index (κ1) is 14.9. The minimum absolute atomic E-state index is 0.635. The smallest absolute Gasteiger partial charge is 0.0243 e. The SMILES string of the molecule is C#CCC(CC)N(C1CCCCC1)C1CCCCC1. The van der Waals surface area contributed by atoms with Crippen LogP contribution >= 0.6 is 0 Å². The first-order chi connectivity index (χ1) is 9.36. The number of nitrogens with zero attached hydrogens (tertiary/aromatic N) is 1. The molecule has 0 spiro atoms. The molecule has 2 aliphatic rings. The van der Waals surface area contributed by atoms with Crippen LogP contribution in [0.2, 0.25) is 0 Å². The molecule has 108 valence electrons. The van der Waals surface area contributed by atoms with Crippen molar-refractivity contribution < 1.29 is 0 Å². The molecule has 0 bridgehead atoms. The highest BCUT2D eigenvalue weighted by atomic mass is 15.2. The Morgan fingerprint density at radius 3 is 1.79 bits per heavy atom. The van der Waals surface area contributed by atoms with Gasteiger partial charge in [-0.2, -0.15) is 0 Å². The lowest BCUT2D eigenvalue weighted by Gasteiger charge is -2.45. The summed E-state index contributed by atoms with van der Waals surface area (Å²) in [7, 11) is 0. The molecule has 0 radical (unpaired) electrons. The van der Waals surface area contributed by atoms with Crippen LogP contribution in [0.25, 0.3) is 0 Å². The van der Waals surface area contributed by atoms with Gasteiger partial charge in [0.2, 0.25) is 0 Å². The summed E-state index contributed by atoms with van der Waals surface area (Å²) in [6.07, 6.45) is 22.1. The lowest BCUT2D eigenvalue weighted by Crippen LogP contribution is -2.50. The van der Waals surface area contributed by atoms with Gasteiger partial charge in [-0.1, -0.05) is 45.4 Å². The highest BCUT2D eigenvalue weighted by Gasteiger charge is 2.32. The molecule has 1 heteroatoms. The molecule has 2 fully saturated rings. The highest BCUT2D eigenvalue weighted by Crippen LogP contribution is 2.33. The molecule has 0 aromatic carbocycles. The van der Waals surface area contributed by atoms with Crippen LogP contribution in [0.3, 0.4) is 0 Å². The topological polar surface area (TPSA) is 3.24 Å². The van der Waals surface area contributed by atoms with Gasteiger partial charge in [0, 0.05) is 24.5 Å². The Bertz CT molecular complexity index is 261. The fourth-order valence-corrected chi connectivity index (χ4v) is 4.25. The Hall–Kier alpha value is -0.480. The van der Waals surface area contributed by atoms with Crippen molar-refractivity contribution in [1.82, 2.24) is 4.90 Å². The second-order valence-corrected chi connectivity index (χ2v) is 6.50. The van der Waals surface area contributed by atoms with Crippen LogP contribution in [0.5, 0.6) is 0 Å². The lowest BCUT2D eigenvalue weighted by atomic mass is 9.86. The summed E-state index contributed by atoms with van der Waals surface area (Å²) in [6, 6.07) is 2.29. The van der Waals surface area contributed by atoms with E-state index in [9.17, 15) is 0 Å². The predicted octanol–water partition coefficient (Wildman–Crippen LogP) is 4.76. The van der Waals surface area contributed by atoms with E-state index < -0.39 is 0 Å². The van der Waals surface area contributed by atoms with Crippen molar-refractivity contribution in [3.05, 3.63) is 0 Å². The number of terminal acetylenes is 1. The van der Waals surface area contributed by atoms with Gasteiger partial charge in [-0.25, -0.2) is 0 Å². The lowest BCUT2D eigenvalue weighted by molar-refractivity contribution is 0.0374. The van der Waals surface area contributed by atoms with E-state index in [1.165, 1.54) is 70.6 Å². The van der Waals surface area contributed by atoms with E-state index in [0.717, 1.165) is 18.5 Å². The van der Waals surface area contributed by atoms with Gasteiger partial charge in [0.25, 0.3) is 0 Å². The molecule has 0 saturated heterocycles. The summed E-state index contributed by atoms with van der Waals surface area (Å²) in [5, 5.41) is 0. The first-order valence-corrected chi connectivity index (χ1v) is 8.57. The molecule has 0 N–H and O–H groups in total. The van der Waals surface area contributed by atoms with Crippen LogP contribution in [0.15, 0.2) is 0 Å². The number of hydrogen-bond acceptors (Lipinski definition) is 1. The van der Waals surface area contributed by atoms with Gasteiger partial charge in [-0.15, -0.1) is 12.3 Å². The van der Waals surface area contributed by atoms with E-state index in [2.05, 4.69) is 17.7 Å². The molecule has 1 unspecified atom stereocenters. The molecule has 2 aliphatic carbocycles. The van der Waals surface area contributed by atoms with Crippen LogP contribution in [0.1, 0.15) is 84.0 Å². The average molecular weight is 261 g/mol. The zero-order chi connectivity index (χ0) is 13.5. The molecule has 0 aromatic heterocycles. The third-order valence-electron chi connectivity index (χ3n) is 5.24. The summed E-state index contributed by atoms with van der Waals surface area (Å²) >= 11 is 0. The van der Waals surface area contributed by atoms with Crippen LogP contribution < -0.4 is 0 Å². The standard InChI is InChI=1S/C18H31N/c1-3-11-16(4-2)19(17-12-7-5-8-13-17)18-14-9-6-10-15-18/h1,16-18H,4-15H2,2H3. The predicted molar refractivity (Wildman–Crippen MR) is 83.1 cm³/mol. The van der Waals surface area contributed by atoms with E-state index in [1.54, 1.807) is 0 Å². The third kappa shape index (κ3) is 3.99. The summed E-state index contributed by atoms with van der Waals surface area (Å²) in [6.45, 7) is 2.32. The first-order valence-electron chi connectivity index (χ1n) is 8.57. The Morgan fingerprint density at radius 1 is 0.947 bits per heavy atom. The molecular formula is C18H31N. The zero-order valence-electron chi connectivity index (χ0n) is 12.7. The van der Waals surface area contributed by atoms with Crippen molar-refractivity contribution in [3.8, 4) is 12.3 Å². The van der Waals surface area contributed by atoms with Crippen molar-refractivity contribution in [2.24, 2.45) is 0 Å². The van der Waals surface area contributed by atoms with Crippen LogP contribution in [0.4, 0.5) is 0 Å². The van der Waals surface area contributed by atoms with Crippen LogP contribution in [0, 0.1) is 12.3 Å². The average Bonchev–Trinajstić information content (AvgIpc) is 2.49. The molecular weight excluding hydrogens is 230 g/mol. The van der Waals surface area contributed by atoms with E-state index in [0.29, 0.717) is 6.04 Å². The van der Waals surface area contributed by atoms with Gasteiger partial charge in [0.1, 0.15) is 0 Å². The zero-order valence-corrected chi connectivity index (χ0v) is 12.7. The number of hydrogen-bond donors (Lipinski definition) is 0. The number of rotatable bonds is 5. The van der Waals surface area contributed by atoms with Gasteiger partial charge in [-0.3, -0.25) is 4.90 Å². The maximum Gasteiger partial charge on any atom is 0.0243 e. The Balaban J connectivity index is 2.07. The molecule has 0 amide bonds. The second-order valence-electron chi connectivity index (χ2n) is 6.50. The maximum absolute atomic E-state index is 5.63. The molecule has 2 saturated carbocycles. The minimum atomic E-state index is 0.635. The largest absolute Gasteiger partial charge is 0.294 e. The van der Waals surface area contributed by atoms with Crippen LogP contribution in [-0.4, -0.2) is 23.0 Å². The van der Waals surface area contributed by atoms with Crippen molar-refractivity contribution in [2.75, 3.05) is 0 Å². The summed E-state index contributed by atoms with van der Waals surface area (Å²) in [4.78, 5) is 2.89. The fourth-order valence-electron chi connectivity index (χ4n) is 4.25. The van der Waals surface area contributed by atoms with Gasteiger partial charge in [0.05, 0.1) is 0 Å². The van der Waals surface area contributed by atoms with Crippen LogP contribution in [-0.2, 0) is 0 Å². The van der Waals surface area contributed by atoms with Gasteiger partial charge >= 0.3 is 0 Å². The second kappa shape index (κ2) is 7.95. The molecule has 0 aromatic rings. The third-order valence-corrected chi connectivity index (χ3v) is 5.24. The normalized spacial score (nSPS) is 24.3. The van der Waals surface area contributed by atoms with E-state index >= 15 is 0 Å². The molecule has 19 heavy (non-hydrogen) atoms. The Kier molecular flexibility index (Phi) is 6.24. The van der Waals surface area contributed by atoms with Crippen molar-refractivity contribution in [2.45, 2.75) is 102 Å². The van der Waals surface area contributed by atoms with Gasteiger partial charge < -0.3 is 0 Å². The fraction of sp³-hybridized carbons (Fsp3) is 0.889. The van der Waals surface area contributed by atoms with Crippen molar-refractivity contribution in [1.29, 1.82) is 0 Å². The summed E-state index contributed by atoms with van der Waals surface area (Å²) in [5.74, 6) is 2.94. The van der Waals surface area contributed by atoms with Crippen molar-refractivity contribution in [3.63, 3.8) is 0 Å². The Morgan fingerprint density at radius 2 is 1.42 bits per heavy atom. The summed E-state index contributed by atoms with van der Waals surface area (Å²) < 4.78 is 0. The van der Waals surface area contributed by atoms with E-state index in [-0.39, 0.29) is 0 Å². The summed E-state index contributed by atoms with van der Waals surface area (Å²) in [5.41, 5.74) is 0. The minimum Gasteiger partial charge on any atom is -0.294 e. The molecule has 1 atom stereocenters. The van der Waals surface area contributed by atoms with Crippen molar-refractivity contribution >= 4 is 0 Å². The molecule has 2 rings (SSSR count). The quantitative estimate of drug-likeness (QED) is 0.645. The van der Waals surface area contributed by atoms with Gasteiger partial charge in [-0.05, 0) is 32.1 Å².